The van der Waals surface area contributed by atoms with Crippen LogP contribution in [0.5, 0.6) is 5.75 Å². The lowest BCUT2D eigenvalue weighted by Crippen LogP contribution is -2.53. The molecule has 1 saturated heterocycles. The Labute approximate surface area is 150 Å². The van der Waals surface area contributed by atoms with Crippen molar-refractivity contribution in [1.82, 2.24) is 4.90 Å². The zero-order valence-electron chi connectivity index (χ0n) is 15.4. The molecule has 0 aromatic heterocycles. The highest BCUT2D eigenvalue weighted by Gasteiger charge is 2.42. The molecule has 2 fully saturated rings. The van der Waals surface area contributed by atoms with Crippen LogP contribution < -0.4 is 10.1 Å². The minimum absolute atomic E-state index is 0.00776. The van der Waals surface area contributed by atoms with Crippen molar-refractivity contribution in [2.24, 2.45) is 5.92 Å². The van der Waals surface area contributed by atoms with E-state index in [2.05, 4.69) is 10.2 Å². The van der Waals surface area contributed by atoms with Crippen LogP contribution in [0.3, 0.4) is 0 Å². The van der Waals surface area contributed by atoms with E-state index < -0.39 is 5.60 Å². The largest absolute Gasteiger partial charge is 0.495 e. The molecule has 5 nitrogen and oxygen atoms in total. The number of nitrogens with zero attached hydrogens (tertiary/aromatic N) is 1. The van der Waals surface area contributed by atoms with Crippen LogP contribution in [0.4, 0.5) is 5.69 Å². The summed E-state index contributed by atoms with van der Waals surface area (Å²) in [5, 5.41) is 13.7. The first kappa shape index (κ1) is 18.2. The van der Waals surface area contributed by atoms with Crippen molar-refractivity contribution in [3.8, 4) is 5.75 Å². The summed E-state index contributed by atoms with van der Waals surface area (Å²) in [6.45, 7) is 4.53. The van der Waals surface area contributed by atoms with E-state index in [1.54, 1.807) is 7.11 Å². The molecule has 0 unspecified atom stereocenters. The molecule has 1 aliphatic carbocycles. The van der Waals surface area contributed by atoms with Crippen molar-refractivity contribution in [1.29, 1.82) is 0 Å². The zero-order valence-corrected chi connectivity index (χ0v) is 15.4. The number of methoxy groups -OCH3 is 1. The zero-order chi connectivity index (χ0) is 17.9. The molecule has 0 bridgehead atoms. The van der Waals surface area contributed by atoms with Gasteiger partial charge in [0.2, 0.25) is 5.91 Å². The number of aliphatic hydroxyl groups is 1. The number of hydrogen-bond acceptors (Lipinski definition) is 4. The number of ether oxygens (including phenoxy) is 1. The predicted molar refractivity (Wildman–Crippen MR) is 98.9 cm³/mol. The van der Waals surface area contributed by atoms with Gasteiger partial charge in [-0.05, 0) is 43.9 Å². The van der Waals surface area contributed by atoms with Crippen molar-refractivity contribution >= 4 is 11.6 Å². The Balaban J connectivity index is 1.51. The second-order valence-electron chi connectivity index (χ2n) is 7.60. The van der Waals surface area contributed by atoms with Gasteiger partial charge in [-0.3, -0.25) is 4.79 Å². The molecule has 1 saturated carbocycles. The minimum atomic E-state index is -0.452. The molecule has 2 atom stereocenters. The monoisotopic (exact) mass is 346 g/mol. The third-order valence-corrected chi connectivity index (χ3v) is 5.80. The fourth-order valence-corrected chi connectivity index (χ4v) is 4.23. The molecule has 1 aromatic rings. The standard InChI is InChI=1S/C20H30N2O3/c1-15-6-7-18(25-2)17(13-15)21-19(23)8-11-22-12-10-20(24)9-4-3-5-16(20)14-22/h6-7,13,16,24H,3-5,8-12,14H2,1-2H3,(H,21,23)/t16-,20-/m0/s1. The Hall–Kier alpha value is -1.59. The average Bonchev–Trinajstić information content (AvgIpc) is 2.60. The van der Waals surface area contributed by atoms with E-state index in [1.165, 1.54) is 6.42 Å². The lowest BCUT2D eigenvalue weighted by Gasteiger charge is -2.47. The van der Waals surface area contributed by atoms with E-state index in [4.69, 9.17) is 4.74 Å². The summed E-state index contributed by atoms with van der Waals surface area (Å²) in [7, 11) is 1.61. The van der Waals surface area contributed by atoms with Crippen LogP contribution >= 0.6 is 0 Å². The van der Waals surface area contributed by atoms with E-state index in [0.29, 0.717) is 18.1 Å². The van der Waals surface area contributed by atoms with Crippen LogP contribution in [0.2, 0.25) is 0 Å². The summed E-state index contributed by atoms with van der Waals surface area (Å²) in [6, 6.07) is 5.77. The number of anilines is 1. The number of aryl methyl sites for hydroxylation is 1. The molecule has 5 heteroatoms. The molecule has 1 heterocycles. The molecule has 1 aromatic carbocycles. The number of amides is 1. The molecular weight excluding hydrogens is 316 g/mol. The topological polar surface area (TPSA) is 61.8 Å². The van der Waals surface area contributed by atoms with E-state index in [9.17, 15) is 9.90 Å². The third-order valence-electron chi connectivity index (χ3n) is 5.80. The summed E-state index contributed by atoms with van der Waals surface area (Å²) >= 11 is 0. The number of benzene rings is 1. The van der Waals surface area contributed by atoms with Crippen LogP contribution in [0, 0.1) is 12.8 Å². The fraction of sp³-hybridized carbons (Fsp3) is 0.650. The maximum Gasteiger partial charge on any atom is 0.225 e. The SMILES string of the molecule is COc1ccc(C)cc1NC(=O)CCN1CC[C@@]2(O)CCCC[C@H]2C1. The van der Waals surface area contributed by atoms with Crippen molar-refractivity contribution < 1.29 is 14.6 Å². The van der Waals surface area contributed by atoms with Gasteiger partial charge in [0.25, 0.3) is 0 Å². The molecule has 1 amide bonds. The normalized spacial score (nSPS) is 26.8. The molecule has 0 spiro atoms. The van der Waals surface area contributed by atoms with Crippen LogP contribution in [0.25, 0.3) is 0 Å². The molecule has 2 aliphatic rings. The Morgan fingerprint density at radius 3 is 3.04 bits per heavy atom. The Bertz CT molecular complexity index is 619. The van der Waals surface area contributed by atoms with Gasteiger partial charge in [0, 0.05) is 32.0 Å². The second-order valence-corrected chi connectivity index (χ2v) is 7.60. The molecule has 2 N–H and O–H groups in total. The first-order chi connectivity index (χ1) is 12.0. The molecule has 25 heavy (non-hydrogen) atoms. The first-order valence-corrected chi connectivity index (χ1v) is 9.39. The third kappa shape index (κ3) is 4.33. The second kappa shape index (κ2) is 7.75. The quantitative estimate of drug-likeness (QED) is 0.860. The van der Waals surface area contributed by atoms with Crippen molar-refractivity contribution in [3.05, 3.63) is 23.8 Å². The summed E-state index contributed by atoms with van der Waals surface area (Å²) in [4.78, 5) is 14.7. The number of piperidine rings is 1. The molecule has 0 radical (unpaired) electrons. The van der Waals surface area contributed by atoms with E-state index in [0.717, 1.165) is 56.6 Å². The number of nitrogens with one attached hydrogen (secondary N) is 1. The molecule has 138 valence electrons. The number of fused-ring (bicyclic) bond motifs is 1. The predicted octanol–water partition coefficient (Wildman–Crippen LogP) is 2.96. The highest BCUT2D eigenvalue weighted by atomic mass is 16.5. The number of hydrogen-bond donors (Lipinski definition) is 2. The van der Waals surface area contributed by atoms with Gasteiger partial charge in [0.05, 0.1) is 18.4 Å². The highest BCUT2D eigenvalue weighted by molar-refractivity contribution is 5.92. The number of likely N-dealkylation sites (tertiary alicyclic amines) is 1. The average molecular weight is 346 g/mol. The molecule has 3 rings (SSSR count). The number of rotatable bonds is 5. The van der Waals surface area contributed by atoms with E-state index in [1.807, 2.05) is 25.1 Å². The van der Waals surface area contributed by atoms with Gasteiger partial charge < -0.3 is 20.1 Å². The Morgan fingerprint density at radius 1 is 1.40 bits per heavy atom. The van der Waals surface area contributed by atoms with Gasteiger partial charge in [-0.25, -0.2) is 0 Å². The summed E-state index contributed by atoms with van der Waals surface area (Å²) in [6.07, 6.45) is 5.72. The van der Waals surface area contributed by atoms with Gasteiger partial charge in [-0.2, -0.15) is 0 Å². The van der Waals surface area contributed by atoms with Crippen LogP contribution in [-0.4, -0.2) is 48.3 Å². The summed E-state index contributed by atoms with van der Waals surface area (Å²) < 4.78 is 5.31. The highest BCUT2D eigenvalue weighted by Crippen LogP contribution is 2.39. The molecule has 1 aliphatic heterocycles. The smallest absolute Gasteiger partial charge is 0.225 e. The first-order valence-electron chi connectivity index (χ1n) is 9.39. The van der Waals surface area contributed by atoms with Gasteiger partial charge in [-0.1, -0.05) is 18.9 Å². The van der Waals surface area contributed by atoms with E-state index in [-0.39, 0.29) is 5.91 Å². The lowest BCUT2D eigenvalue weighted by atomic mass is 9.71. The van der Waals surface area contributed by atoms with Crippen molar-refractivity contribution in [2.45, 2.75) is 51.0 Å². The fourth-order valence-electron chi connectivity index (χ4n) is 4.23. The van der Waals surface area contributed by atoms with Gasteiger partial charge in [0.15, 0.2) is 0 Å². The van der Waals surface area contributed by atoms with Crippen molar-refractivity contribution in [3.63, 3.8) is 0 Å². The van der Waals surface area contributed by atoms with Crippen LogP contribution in [0.1, 0.15) is 44.1 Å². The minimum Gasteiger partial charge on any atom is -0.495 e. The maximum absolute atomic E-state index is 12.3. The van der Waals surface area contributed by atoms with Gasteiger partial charge in [0.1, 0.15) is 5.75 Å². The lowest BCUT2D eigenvalue weighted by molar-refractivity contribution is -0.117. The number of carbonyl (C=O) groups is 1. The van der Waals surface area contributed by atoms with Gasteiger partial charge in [-0.15, -0.1) is 0 Å². The summed E-state index contributed by atoms with van der Waals surface area (Å²) in [5.41, 5.74) is 1.36. The molecular formula is C20H30N2O3. The van der Waals surface area contributed by atoms with Crippen LogP contribution in [0.15, 0.2) is 18.2 Å². The number of carbonyl (C=O) groups excluding carboxylic acids is 1. The summed E-state index contributed by atoms with van der Waals surface area (Å²) in [5.74, 6) is 1.06. The van der Waals surface area contributed by atoms with Gasteiger partial charge >= 0.3 is 0 Å². The van der Waals surface area contributed by atoms with Crippen molar-refractivity contribution in [2.75, 3.05) is 32.1 Å². The van der Waals surface area contributed by atoms with Crippen LogP contribution in [-0.2, 0) is 4.79 Å². The van der Waals surface area contributed by atoms with E-state index >= 15 is 0 Å². The Morgan fingerprint density at radius 2 is 2.24 bits per heavy atom. The Kier molecular flexibility index (Phi) is 5.64. The maximum atomic E-state index is 12.3.